The average molecular weight is 547 g/mol. The molecule has 0 spiro atoms. The molecule has 0 radical (unpaired) electrons. The summed E-state index contributed by atoms with van der Waals surface area (Å²) in [4.78, 5) is 15.5. The SMILES string of the molecule is CCOc1cc(CN2CCC(NC(=O)c3cc(OC)cc(C4CC4)c3)CC2)cc(OCC)c1-c1ccc(F)cc1. The quantitative estimate of drug-likeness (QED) is 0.295. The molecule has 1 aliphatic heterocycles. The summed E-state index contributed by atoms with van der Waals surface area (Å²) in [5, 5.41) is 3.25. The minimum atomic E-state index is -0.276. The van der Waals surface area contributed by atoms with Gasteiger partial charge in [0.05, 0.1) is 25.9 Å². The molecular formula is C33H39FN2O4. The maximum atomic E-state index is 13.6. The van der Waals surface area contributed by atoms with E-state index in [4.69, 9.17) is 14.2 Å². The number of hydrogen-bond acceptors (Lipinski definition) is 5. The lowest BCUT2D eigenvalue weighted by Crippen LogP contribution is -2.44. The van der Waals surface area contributed by atoms with E-state index < -0.39 is 0 Å². The summed E-state index contributed by atoms with van der Waals surface area (Å²) in [5.41, 5.74) is 4.68. The van der Waals surface area contributed by atoms with Gasteiger partial charge >= 0.3 is 0 Å². The number of halogens is 1. The molecule has 5 rings (SSSR count). The predicted octanol–water partition coefficient (Wildman–Crippen LogP) is 6.57. The molecule has 3 aromatic rings. The first-order valence-electron chi connectivity index (χ1n) is 14.4. The Bertz CT molecular complexity index is 1290. The van der Waals surface area contributed by atoms with Crippen molar-refractivity contribution in [2.75, 3.05) is 33.4 Å². The van der Waals surface area contributed by atoms with Crippen LogP contribution in [0.1, 0.15) is 66.9 Å². The van der Waals surface area contributed by atoms with E-state index in [2.05, 4.69) is 22.3 Å². The van der Waals surface area contributed by atoms with Gasteiger partial charge in [0.1, 0.15) is 23.1 Å². The van der Waals surface area contributed by atoms with Crippen molar-refractivity contribution in [3.8, 4) is 28.4 Å². The van der Waals surface area contributed by atoms with Gasteiger partial charge in [0.15, 0.2) is 0 Å². The normalized spacial score (nSPS) is 16.0. The highest BCUT2D eigenvalue weighted by molar-refractivity contribution is 5.95. The van der Waals surface area contributed by atoms with Crippen molar-refractivity contribution in [2.45, 2.75) is 58.0 Å². The van der Waals surface area contributed by atoms with Gasteiger partial charge in [0, 0.05) is 31.2 Å². The first kappa shape index (κ1) is 28.0. The van der Waals surface area contributed by atoms with Crippen LogP contribution in [0.2, 0.25) is 0 Å². The first-order chi connectivity index (χ1) is 19.5. The van der Waals surface area contributed by atoms with E-state index in [0.29, 0.717) is 24.7 Å². The molecule has 0 aromatic heterocycles. The van der Waals surface area contributed by atoms with Gasteiger partial charge in [0.25, 0.3) is 5.91 Å². The summed E-state index contributed by atoms with van der Waals surface area (Å²) in [6.45, 7) is 7.46. The van der Waals surface area contributed by atoms with Crippen LogP contribution in [0, 0.1) is 5.82 Å². The molecule has 3 aromatic carbocycles. The molecule has 1 heterocycles. The molecule has 1 saturated carbocycles. The largest absolute Gasteiger partial charge is 0.497 e. The Morgan fingerprint density at radius 2 is 1.57 bits per heavy atom. The second-order valence-corrected chi connectivity index (χ2v) is 10.6. The maximum Gasteiger partial charge on any atom is 0.251 e. The number of hydrogen-bond donors (Lipinski definition) is 1. The Balaban J connectivity index is 1.24. The van der Waals surface area contributed by atoms with E-state index in [-0.39, 0.29) is 17.8 Å². The lowest BCUT2D eigenvalue weighted by Gasteiger charge is -2.32. The number of piperidine rings is 1. The summed E-state index contributed by atoms with van der Waals surface area (Å²) in [5.74, 6) is 2.47. The molecule has 1 N–H and O–H groups in total. The van der Waals surface area contributed by atoms with Crippen LogP contribution in [0.5, 0.6) is 17.2 Å². The summed E-state index contributed by atoms with van der Waals surface area (Å²) in [6.07, 6.45) is 4.13. The monoisotopic (exact) mass is 546 g/mol. The first-order valence-corrected chi connectivity index (χ1v) is 14.4. The Morgan fingerprint density at radius 1 is 0.925 bits per heavy atom. The minimum absolute atomic E-state index is 0.0293. The fourth-order valence-electron chi connectivity index (χ4n) is 5.46. The van der Waals surface area contributed by atoms with Gasteiger partial charge in [-0.25, -0.2) is 4.39 Å². The van der Waals surface area contributed by atoms with Crippen molar-refractivity contribution in [1.29, 1.82) is 0 Å². The highest BCUT2D eigenvalue weighted by Gasteiger charge is 2.27. The van der Waals surface area contributed by atoms with Gasteiger partial charge in [0.2, 0.25) is 0 Å². The van der Waals surface area contributed by atoms with Crippen LogP contribution in [0.3, 0.4) is 0 Å². The molecule has 212 valence electrons. The van der Waals surface area contributed by atoms with Gasteiger partial charge in [-0.15, -0.1) is 0 Å². The third kappa shape index (κ3) is 6.76. The van der Waals surface area contributed by atoms with E-state index in [1.807, 2.05) is 32.0 Å². The number of methoxy groups -OCH3 is 1. The van der Waals surface area contributed by atoms with Crippen molar-refractivity contribution in [1.82, 2.24) is 10.2 Å². The number of nitrogens with one attached hydrogen (secondary N) is 1. The Morgan fingerprint density at radius 3 is 2.15 bits per heavy atom. The molecule has 0 unspecified atom stereocenters. The zero-order chi connectivity index (χ0) is 28.1. The Labute approximate surface area is 236 Å². The van der Waals surface area contributed by atoms with Crippen molar-refractivity contribution in [2.24, 2.45) is 0 Å². The molecule has 0 bridgehead atoms. The van der Waals surface area contributed by atoms with Gasteiger partial charge in [-0.3, -0.25) is 9.69 Å². The van der Waals surface area contributed by atoms with Crippen molar-refractivity contribution < 1.29 is 23.4 Å². The zero-order valence-corrected chi connectivity index (χ0v) is 23.7. The van der Waals surface area contributed by atoms with Crippen LogP contribution in [0.15, 0.2) is 54.6 Å². The molecule has 2 fully saturated rings. The van der Waals surface area contributed by atoms with Crippen LogP contribution in [-0.2, 0) is 6.54 Å². The summed E-state index contributed by atoms with van der Waals surface area (Å²) in [7, 11) is 1.65. The predicted molar refractivity (Wildman–Crippen MR) is 155 cm³/mol. The van der Waals surface area contributed by atoms with Gasteiger partial charge in [-0.1, -0.05) is 12.1 Å². The van der Waals surface area contributed by atoms with Gasteiger partial charge in [-0.05, 0) is 105 Å². The van der Waals surface area contributed by atoms with Crippen molar-refractivity contribution in [3.05, 3.63) is 77.1 Å². The molecule has 2 aliphatic rings. The zero-order valence-electron chi connectivity index (χ0n) is 23.7. The van der Waals surface area contributed by atoms with E-state index >= 15 is 0 Å². The second kappa shape index (κ2) is 12.7. The molecule has 6 nitrogen and oxygen atoms in total. The third-order valence-corrected chi connectivity index (χ3v) is 7.66. The molecule has 7 heteroatoms. The van der Waals surface area contributed by atoms with Crippen LogP contribution in [-0.4, -0.2) is 50.3 Å². The van der Waals surface area contributed by atoms with E-state index in [9.17, 15) is 9.18 Å². The molecule has 1 saturated heterocycles. The fourth-order valence-corrected chi connectivity index (χ4v) is 5.46. The van der Waals surface area contributed by atoms with Gasteiger partial charge in [-0.2, -0.15) is 0 Å². The Kier molecular flexibility index (Phi) is 8.90. The number of carbonyl (C=O) groups excluding carboxylic acids is 1. The number of carbonyl (C=O) groups is 1. The lowest BCUT2D eigenvalue weighted by atomic mass is 9.99. The van der Waals surface area contributed by atoms with Crippen LogP contribution in [0.25, 0.3) is 11.1 Å². The standard InChI is InChI=1S/C33H39FN2O4/c1-4-39-30-16-22(17-31(40-5-2)32(30)24-8-10-27(34)11-9-24)21-36-14-12-28(13-15-36)35-33(37)26-18-25(23-6-7-23)19-29(20-26)38-3/h8-11,16-20,23,28H,4-7,12-15,21H2,1-3H3,(H,35,37). The number of rotatable bonds is 11. The number of nitrogens with zero attached hydrogens (tertiary/aromatic N) is 1. The number of ether oxygens (including phenoxy) is 3. The second-order valence-electron chi connectivity index (χ2n) is 10.6. The van der Waals surface area contributed by atoms with Crippen LogP contribution < -0.4 is 19.5 Å². The number of amides is 1. The summed E-state index contributed by atoms with van der Waals surface area (Å²) in [6, 6.07) is 16.6. The highest BCUT2D eigenvalue weighted by Crippen LogP contribution is 2.42. The Hall–Kier alpha value is -3.58. The fraction of sp³-hybridized carbons (Fsp3) is 0.424. The van der Waals surface area contributed by atoms with Crippen LogP contribution >= 0.6 is 0 Å². The molecular weight excluding hydrogens is 507 g/mol. The third-order valence-electron chi connectivity index (χ3n) is 7.66. The van der Waals surface area contributed by atoms with Crippen molar-refractivity contribution >= 4 is 5.91 Å². The smallest absolute Gasteiger partial charge is 0.251 e. The van der Waals surface area contributed by atoms with E-state index in [1.54, 1.807) is 19.2 Å². The van der Waals surface area contributed by atoms with Crippen LogP contribution in [0.4, 0.5) is 4.39 Å². The highest BCUT2D eigenvalue weighted by atomic mass is 19.1. The van der Waals surface area contributed by atoms with E-state index in [1.165, 1.54) is 30.5 Å². The lowest BCUT2D eigenvalue weighted by molar-refractivity contribution is 0.0908. The van der Waals surface area contributed by atoms with Crippen molar-refractivity contribution in [3.63, 3.8) is 0 Å². The van der Waals surface area contributed by atoms with E-state index in [0.717, 1.165) is 66.4 Å². The topological polar surface area (TPSA) is 60.0 Å². The molecule has 40 heavy (non-hydrogen) atoms. The minimum Gasteiger partial charge on any atom is -0.497 e. The maximum absolute atomic E-state index is 13.6. The molecule has 0 atom stereocenters. The summed E-state index contributed by atoms with van der Waals surface area (Å²) < 4.78 is 31.1. The number of likely N-dealkylation sites (tertiary alicyclic amines) is 1. The molecule has 1 aliphatic carbocycles. The van der Waals surface area contributed by atoms with Gasteiger partial charge < -0.3 is 19.5 Å². The average Bonchev–Trinajstić information content (AvgIpc) is 3.81. The molecule has 1 amide bonds. The summed E-state index contributed by atoms with van der Waals surface area (Å²) >= 11 is 0. The number of benzene rings is 3.